The lowest BCUT2D eigenvalue weighted by Gasteiger charge is -2.56. The summed E-state index contributed by atoms with van der Waals surface area (Å²) in [5.41, 5.74) is 0.918. The minimum absolute atomic E-state index is 0.0861. The SMILES string of the molecule is O=C(NC12CC3CC(CC(C3)C1)C2)c1cccc2ccccc12. The van der Waals surface area contributed by atoms with Crippen molar-refractivity contribution in [2.75, 3.05) is 0 Å². The zero-order valence-corrected chi connectivity index (χ0v) is 13.4. The van der Waals surface area contributed by atoms with E-state index in [0.717, 1.165) is 34.1 Å². The summed E-state index contributed by atoms with van der Waals surface area (Å²) >= 11 is 0. The van der Waals surface area contributed by atoms with Gasteiger partial charge in [0, 0.05) is 11.1 Å². The molecule has 0 radical (unpaired) electrons. The minimum Gasteiger partial charge on any atom is -0.347 e. The lowest BCUT2D eigenvalue weighted by atomic mass is 9.53. The summed E-state index contributed by atoms with van der Waals surface area (Å²) < 4.78 is 0. The molecule has 2 heteroatoms. The zero-order chi connectivity index (χ0) is 15.4. The molecule has 2 aromatic carbocycles. The fourth-order valence-corrected chi connectivity index (χ4v) is 6.00. The quantitative estimate of drug-likeness (QED) is 0.867. The van der Waals surface area contributed by atoms with E-state index in [-0.39, 0.29) is 11.4 Å². The van der Waals surface area contributed by atoms with E-state index < -0.39 is 0 Å². The second kappa shape index (κ2) is 4.83. The van der Waals surface area contributed by atoms with Crippen LogP contribution in [-0.2, 0) is 0 Å². The first-order valence-corrected chi connectivity index (χ1v) is 9.01. The maximum absolute atomic E-state index is 13.0. The molecule has 0 aromatic heterocycles. The molecule has 0 spiro atoms. The average Bonchev–Trinajstić information content (AvgIpc) is 2.52. The Hall–Kier alpha value is -1.83. The van der Waals surface area contributed by atoms with Crippen LogP contribution < -0.4 is 5.32 Å². The van der Waals surface area contributed by atoms with Gasteiger partial charge in [0.15, 0.2) is 0 Å². The molecule has 4 aliphatic rings. The molecule has 0 aliphatic heterocycles. The van der Waals surface area contributed by atoms with Crippen LogP contribution in [0.15, 0.2) is 42.5 Å². The van der Waals surface area contributed by atoms with Crippen LogP contribution in [0, 0.1) is 17.8 Å². The maximum Gasteiger partial charge on any atom is 0.252 e. The third-order valence-corrected chi connectivity index (χ3v) is 6.45. The number of hydrogen-bond donors (Lipinski definition) is 1. The average molecular weight is 305 g/mol. The lowest BCUT2D eigenvalue weighted by molar-refractivity contribution is -0.0166. The number of benzene rings is 2. The third-order valence-electron chi connectivity index (χ3n) is 6.45. The molecular weight excluding hydrogens is 282 g/mol. The van der Waals surface area contributed by atoms with E-state index >= 15 is 0 Å². The predicted octanol–water partition coefficient (Wildman–Crippen LogP) is 4.54. The number of amides is 1. The molecular formula is C21H23NO. The van der Waals surface area contributed by atoms with Crippen molar-refractivity contribution in [3.63, 3.8) is 0 Å². The van der Waals surface area contributed by atoms with Crippen LogP contribution >= 0.6 is 0 Å². The van der Waals surface area contributed by atoms with Gasteiger partial charge in [0.05, 0.1) is 0 Å². The van der Waals surface area contributed by atoms with E-state index in [0.29, 0.717) is 0 Å². The minimum atomic E-state index is 0.0861. The number of nitrogens with one attached hydrogen (secondary N) is 1. The monoisotopic (exact) mass is 305 g/mol. The molecule has 2 nitrogen and oxygen atoms in total. The van der Waals surface area contributed by atoms with Crippen molar-refractivity contribution in [3.05, 3.63) is 48.0 Å². The van der Waals surface area contributed by atoms with Crippen molar-refractivity contribution in [2.45, 2.75) is 44.1 Å². The van der Waals surface area contributed by atoms with E-state index in [4.69, 9.17) is 0 Å². The molecule has 4 fully saturated rings. The third kappa shape index (κ3) is 2.19. The summed E-state index contributed by atoms with van der Waals surface area (Å²) in [5.74, 6) is 2.70. The van der Waals surface area contributed by atoms with E-state index in [1.807, 2.05) is 24.3 Å². The van der Waals surface area contributed by atoms with Gasteiger partial charge in [-0.05, 0) is 73.1 Å². The Kier molecular flexibility index (Phi) is 2.86. The Morgan fingerprint density at radius 1 is 0.870 bits per heavy atom. The zero-order valence-electron chi connectivity index (χ0n) is 13.4. The van der Waals surface area contributed by atoms with E-state index in [1.54, 1.807) is 0 Å². The van der Waals surface area contributed by atoms with Crippen LogP contribution in [0.4, 0.5) is 0 Å². The Morgan fingerprint density at radius 3 is 2.17 bits per heavy atom. The number of fused-ring (bicyclic) bond motifs is 1. The fraction of sp³-hybridized carbons (Fsp3) is 0.476. The molecule has 1 N–H and O–H groups in total. The molecule has 23 heavy (non-hydrogen) atoms. The standard InChI is InChI=1S/C21H23NO/c23-20(19-7-3-5-17-4-1-2-6-18(17)19)22-21-11-14-8-15(12-21)10-16(9-14)13-21/h1-7,14-16H,8-13H2,(H,22,23). The molecule has 0 heterocycles. The summed E-state index contributed by atoms with van der Waals surface area (Å²) in [6.45, 7) is 0. The molecule has 4 saturated carbocycles. The number of rotatable bonds is 2. The maximum atomic E-state index is 13.0. The van der Waals surface area contributed by atoms with Crippen molar-refractivity contribution in [1.29, 1.82) is 0 Å². The first-order chi connectivity index (χ1) is 11.2. The van der Waals surface area contributed by atoms with Crippen molar-refractivity contribution in [3.8, 4) is 0 Å². The van der Waals surface area contributed by atoms with Crippen molar-refractivity contribution < 1.29 is 4.79 Å². The first kappa shape index (κ1) is 13.6. The molecule has 0 atom stereocenters. The molecule has 0 unspecified atom stereocenters. The highest BCUT2D eigenvalue weighted by Crippen LogP contribution is 2.55. The molecule has 4 aliphatic carbocycles. The van der Waals surface area contributed by atoms with E-state index in [1.165, 1.54) is 38.5 Å². The molecule has 118 valence electrons. The van der Waals surface area contributed by atoms with Gasteiger partial charge in [-0.15, -0.1) is 0 Å². The van der Waals surface area contributed by atoms with Gasteiger partial charge in [0.25, 0.3) is 5.91 Å². The Morgan fingerprint density at radius 2 is 1.48 bits per heavy atom. The van der Waals surface area contributed by atoms with Gasteiger partial charge < -0.3 is 5.32 Å². The van der Waals surface area contributed by atoms with E-state index in [9.17, 15) is 4.79 Å². The van der Waals surface area contributed by atoms with Crippen LogP contribution in [0.1, 0.15) is 48.9 Å². The van der Waals surface area contributed by atoms with Crippen LogP contribution in [0.5, 0.6) is 0 Å². The van der Waals surface area contributed by atoms with Gasteiger partial charge >= 0.3 is 0 Å². The molecule has 4 bridgehead atoms. The Balaban J connectivity index is 1.47. The summed E-state index contributed by atoms with van der Waals surface area (Å²) in [5, 5.41) is 5.71. The van der Waals surface area contributed by atoms with Gasteiger partial charge in [-0.3, -0.25) is 4.79 Å². The summed E-state index contributed by atoms with van der Waals surface area (Å²) in [7, 11) is 0. The van der Waals surface area contributed by atoms with Crippen molar-refractivity contribution >= 4 is 16.7 Å². The highest BCUT2D eigenvalue weighted by molar-refractivity contribution is 6.07. The number of carbonyl (C=O) groups excluding carboxylic acids is 1. The predicted molar refractivity (Wildman–Crippen MR) is 92.3 cm³/mol. The van der Waals surface area contributed by atoms with Crippen LogP contribution in [-0.4, -0.2) is 11.4 Å². The van der Waals surface area contributed by atoms with E-state index in [2.05, 4.69) is 23.5 Å². The largest absolute Gasteiger partial charge is 0.347 e. The van der Waals surface area contributed by atoms with Gasteiger partial charge in [0.1, 0.15) is 0 Å². The normalized spacial score (nSPS) is 34.7. The van der Waals surface area contributed by atoms with Crippen molar-refractivity contribution in [1.82, 2.24) is 5.32 Å². The van der Waals surface area contributed by atoms with Crippen LogP contribution in [0.25, 0.3) is 10.8 Å². The highest BCUT2D eigenvalue weighted by atomic mass is 16.1. The fourth-order valence-electron chi connectivity index (χ4n) is 6.00. The number of hydrogen-bond acceptors (Lipinski definition) is 1. The lowest BCUT2D eigenvalue weighted by Crippen LogP contribution is -2.59. The van der Waals surface area contributed by atoms with Crippen LogP contribution in [0.2, 0.25) is 0 Å². The topological polar surface area (TPSA) is 29.1 Å². The molecule has 0 saturated heterocycles. The van der Waals surface area contributed by atoms with Crippen molar-refractivity contribution in [2.24, 2.45) is 17.8 Å². The summed E-state index contributed by atoms with van der Waals surface area (Å²) in [6, 6.07) is 14.2. The second-order valence-electron chi connectivity index (χ2n) is 8.18. The highest BCUT2D eigenvalue weighted by Gasteiger charge is 2.51. The van der Waals surface area contributed by atoms with Gasteiger partial charge in [0.2, 0.25) is 0 Å². The molecule has 6 rings (SSSR count). The van der Waals surface area contributed by atoms with Gasteiger partial charge in [-0.2, -0.15) is 0 Å². The molecule has 2 aromatic rings. The van der Waals surface area contributed by atoms with Gasteiger partial charge in [-0.25, -0.2) is 0 Å². The Bertz CT molecular complexity index is 738. The second-order valence-corrected chi connectivity index (χ2v) is 8.18. The summed E-state index contributed by atoms with van der Waals surface area (Å²) in [6.07, 6.45) is 7.83. The van der Waals surface area contributed by atoms with Crippen LogP contribution in [0.3, 0.4) is 0 Å². The first-order valence-electron chi connectivity index (χ1n) is 9.01. The number of carbonyl (C=O) groups is 1. The Labute approximate surface area is 137 Å². The molecule has 1 amide bonds. The van der Waals surface area contributed by atoms with Gasteiger partial charge in [-0.1, -0.05) is 36.4 Å². The summed E-state index contributed by atoms with van der Waals surface area (Å²) in [4.78, 5) is 13.0. The smallest absolute Gasteiger partial charge is 0.252 e.